The number of carbonyl (C=O) groups is 1. The molecule has 0 spiro atoms. The minimum absolute atomic E-state index is 0.397. The van der Waals surface area contributed by atoms with Gasteiger partial charge in [0.05, 0.1) is 12.7 Å². The van der Waals surface area contributed by atoms with E-state index in [2.05, 4.69) is 14.8 Å². The highest BCUT2D eigenvalue weighted by molar-refractivity contribution is 6.30. The fourth-order valence-corrected chi connectivity index (χ4v) is 2.15. The molecule has 0 fully saturated rings. The van der Waals surface area contributed by atoms with Gasteiger partial charge in [0.2, 0.25) is 0 Å². The highest BCUT2D eigenvalue weighted by atomic mass is 35.5. The number of esters is 1. The van der Waals surface area contributed by atoms with Crippen LogP contribution in [0.15, 0.2) is 42.6 Å². The van der Waals surface area contributed by atoms with Crippen molar-refractivity contribution in [3.05, 3.63) is 64.6 Å². The van der Waals surface area contributed by atoms with Crippen LogP contribution in [0.25, 0.3) is 5.65 Å². The van der Waals surface area contributed by atoms with Crippen LogP contribution < -0.4 is 0 Å². The lowest BCUT2D eigenvalue weighted by molar-refractivity contribution is 0.0600. The molecule has 0 saturated heterocycles. The summed E-state index contributed by atoms with van der Waals surface area (Å²) in [5, 5.41) is 5.07. The van der Waals surface area contributed by atoms with E-state index in [-0.39, 0.29) is 0 Å². The Morgan fingerprint density at radius 3 is 2.71 bits per heavy atom. The number of halogens is 1. The molecule has 0 aliphatic carbocycles. The van der Waals surface area contributed by atoms with Crippen molar-refractivity contribution >= 4 is 23.2 Å². The van der Waals surface area contributed by atoms with E-state index >= 15 is 0 Å². The number of hydrogen-bond acceptors (Lipinski definition) is 4. The monoisotopic (exact) mass is 301 g/mol. The molecule has 1 aromatic carbocycles. The molecule has 2 heterocycles. The molecule has 3 rings (SSSR count). The van der Waals surface area contributed by atoms with Crippen LogP contribution >= 0.6 is 11.6 Å². The molecule has 6 heteroatoms. The van der Waals surface area contributed by atoms with Crippen molar-refractivity contribution in [1.82, 2.24) is 14.6 Å². The molecule has 0 bridgehead atoms. The Balaban J connectivity index is 1.90. The molecule has 0 saturated carbocycles. The molecule has 5 nitrogen and oxygen atoms in total. The third kappa shape index (κ3) is 2.87. The van der Waals surface area contributed by atoms with Crippen LogP contribution in [0.3, 0.4) is 0 Å². The Morgan fingerprint density at radius 2 is 2.00 bits per heavy atom. The number of fused-ring (bicyclic) bond motifs is 1. The van der Waals surface area contributed by atoms with Crippen LogP contribution in [0.2, 0.25) is 5.02 Å². The summed E-state index contributed by atoms with van der Waals surface area (Å²) >= 11 is 5.86. The van der Waals surface area contributed by atoms with Gasteiger partial charge in [0, 0.05) is 17.6 Å². The lowest BCUT2D eigenvalue weighted by atomic mass is 10.1. The van der Waals surface area contributed by atoms with Gasteiger partial charge in [0.25, 0.3) is 0 Å². The number of carbonyl (C=O) groups excluding carboxylic acids is 1. The summed E-state index contributed by atoms with van der Waals surface area (Å²) in [6, 6.07) is 11.0. The normalized spacial score (nSPS) is 10.8. The second kappa shape index (κ2) is 5.54. The first-order valence-electron chi connectivity index (χ1n) is 6.34. The van der Waals surface area contributed by atoms with Gasteiger partial charge in [0.15, 0.2) is 11.5 Å². The second-order valence-corrected chi connectivity index (χ2v) is 4.98. The van der Waals surface area contributed by atoms with Crippen molar-refractivity contribution in [2.24, 2.45) is 0 Å². The Kier molecular flexibility index (Phi) is 3.58. The van der Waals surface area contributed by atoms with Crippen LogP contribution in [-0.2, 0) is 11.2 Å². The SMILES string of the molecule is COC(=O)c1ccc2nc(Cc3ccc(Cl)cc3)nn2c1. The Hall–Kier alpha value is -2.40. The Labute approximate surface area is 126 Å². The first kappa shape index (κ1) is 13.6. The van der Waals surface area contributed by atoms with Gasteiger partial charge in [-0.25, -0.2) is 14.3 Å². The summed E-state index contributed by atoms with van der Waals surface area (Å²) in [5.41, 5.74) is 2.20. The summed E-state index contributed by atoms with van der Waals surface area (Å²) in [5.74, 6) is 0.283. The smallest absolute Gasteiger partial charge is 0.339 e. The highest BCUT2D eigenvalue weighted by Crippen LogP contribution is 2.13. The van der Waals surface area contributed by atoms with E-state index in [0.717, 1.165) is 5.56 Å². The van der Waals surface area contributed by atoms with Crippen molar-refractivity contribution < 1.29 is 9.53 Å². The molecule has 2 aromatic heterocycles. The summed E-state index contributed by atoms with van der Waals surface area (Å²) < 4.78 is 6.27. The predicted molar refractivity (Wildman–Crippen MR) is 78.6 cm³/mol. The molecular weight excluding hydrogens is 290 g/mol. The Bertz CT molecular complexity index is 796. The maximum atomic E-state index is 11.5. The molecule has 0 aliphatic heterocycles. The standard InChI is InChI=1S/C15H12ClN3O2/c1-21-15(20)11-4-7-14-17-13(18-19(14)9-11)8-10-2-5-12(16)6-3-10/h2-7,9H,8H2,1H3. The number of ether oxygens (including phenoxy) is 1. The number of methoxy groups -OCH3 is 1. The highest BCUT2D eigenvalue weighted by Gasteiger charge is 2.09. The van der Waals surface area contributed by atoms with E-state index in [1.54, 1.807) is 22.8 Å². The zero-order chi connectivity index (χ0) is 14.8. The molecule has 0 unspecified atom stereocenters. The third-order valence-electron chi connectivity index (χ3n) is 3.07. The van der Waals surface area contributed by atoms with Gasteiger partial charge in [-0.1, -0.05) is 23.7 Å². The number of benzene rings is 1. The van der Waals surface area contributed by atoms with Crippen molar-refractivity contribution in [3.63, 3.8) is 0 Å². The zero-order valence-corrected chi connectivity index (χ0v) is 12.0. The quantitative estimate of drug-likeness (QED) is 0.698. The predicted octanol–water partition coefficient (Wildman–Crippen LogP) is 2.76. The van der Waals surface area contributed by atoms with Gasteiger partial charge in [-0.3, -0.25) is 0 Å². The minimum Gasteiger partial charge on any atom is -0.465 e. The molecule has 0 aliphatic rings. The summed E-state index contributed by atoms with van der Waals surface area (Å²) in [7, 11) is 1.35. The fraction of sp³-hybridized carbons (Fsp3) is 0.133. The third-order valence-corrected chi connectivity index (χ3v) is 3.32. The maximum absolute atomic E-state index is 11.5. The molecule has 3 aromatic rings. The van der Waals surface area contributed by atoms with Crippen molar-refractivity contribution in [2.45, 2.75) is 6.42 Å². The van der Waals surface area contributed by atoms with E-state index in [0.29, 0.717) is 28.5 Å². The van der Waals surface area contributed by atoms with E-state index in [1.807, 2.05) is 24.3 Å². The molecule has 21 heavy (non-hydrogen) atoms. The van der Waals surface area contributed by atoms with Gasteiger partial charge < -0.3 is 4.74 Å². The van der Waals surface area contributed by atoms with Crippen LogP contribution in [0.5, 0.6) is 0 Å². The van der Waals surface area contributed by atoms with E-state index < -0.39 is 5.97 Å². The molecular formula is C15H12ClN3O2. The fourth-order valence-electron chi connectivity index (χ4n) is 2.03. The number of pyridine rings is 1. The van der Waals surface area contributed by atoms with Crippen molar-refractivity contribution in [3.8, 4) is 0 Å². The van der Waals surface area contributed by atoms with Crippen molar-refractivity contribution in [1.29, 1.82) is 0 Å². The Morgan fingerprint density at radius 1 is 1.24 bits per heavy atom. The minimum atomic E-state index is -0.397. The first-order valence-corrected chi connectivity index (χ1v) is 6.71. The summed E-state index contributed by atoms with van der Waals surface area (Å²) in [4.78, 5) is 15.9. The van der Waals surface area contributed by atoms with E-state index in [1.165, 1.54) is 7.11 Å². The maximum Gasteiger partial charge on any atom is 0.339 e. The molecule has 0 atom stereocenters. The lowest BCUT2D eigenvalue weighted by Crippen LogP contribution is -2.03. The van der Waals surface area contributed by atoms with Gasteiger partial charge in [-0.05, 0) is 29.8 Å². The van der Waals surface area contributed by atoms with Crippen LogP contribution in [0.4, 0.5) is 0 Å². The molecule has 0 N–H and O–H groups in total. The lowest BCUT2D eigenvalue weighted by Gasteiger charge is -1.98. The van der Waals surface area contributed by atoms with Crippen molar-refractivity contribution in [2.75, 3.05) is 7.11 Å². The topological polar surface area (TPSA) is 56.5 Å². The molecule has 0 radical (unpaired) electrons. The largest absolute Gasteiger partial charge is 0.465 e. The summed E-state index contributed by atoms with van der Waals surface area (Å²) in [6.45, 7) is 0. The molecule has 0 amide bonds. The number of nitrogens with zero attached hydrogens (tertiary/aromatic N) is 3. The van der Waals surface area contributed by atoms with Gasteiger partial charge in [0.1, 0.15) is 0 Å². The van der Waals surface area contributed by atoms with Gasteiger partial charge in [-0.2, -0.15) is 5.10 Å². The number of rotatable bonds is 3. The average Bonchev–Trinajstić information content (AvgIpc) is 2.90. The van der Waals surface area contributed by atoms with E-state index in [4.69, 9.17) is 11.6 Å². The van der Waals surface area contributed by atoms with Crippen LogP contribution in [0.1, 0.15) is 21.7 Å². The zero-order valence-electron chi connectivity index (χ0n) is 11.3. The van der Waals surface area contributed by atoms with Crippen LogP contribution in [-0.4, -0.2) is 27.7 Å². The second-order valence-electron chi connectivity index (χ2n) is 4.54. The van der Waals surface area contributed by atoms with Gasteiger partial charge in [-0.15, -0.1) is 0 Å². The van der Waals surface area contributed by atoms with Crippen LogP contribution in [0, 0.1) is 0 Å². The molecule has 106 valence electrons. The van der Waals surface area contributed by atoms with Gasteiger partial charge >= 0.3 is 5.97 Å². The number of hydrogen-bond donors (Lipinski definition) is 0. The first-order chi connectivity index (χ1) is 10.2. The van der Waals surface area contributed by atoms with E-state index in [9.17, 15) is 4.79 Å². The average molecular weight is 302 g/mol. The summed E-state index contributed by atoms with van der Waals surface area (Å²) in [6.07, 6.45) is 2.21. The number of aromatic nitrogens is 3.